The van der Waals surface area contributed by atoms with E-state index in [1.807, 2.05) is 0 Å². The van der Waals surface area contributed by atoms with Gasteiger partial charge in [0, 0.05) is 11.3 Å². The molecule has 0 saturated heterocycles. The Labute approximate surface area is 110 Å². The van der Waals surface area contributed by atoms with Crippen molar-refractivity contribution >= 4 is 17.5 Å². The summed E-state index contributed by atoms with van der Waals surface area (Å²) < 4.78 is 0. The zero-order chi connectivity index (χ0) is 13.7. The van der Waals surface area contributed by atoms with Gasteiger partial charge >= 0.3 is 5.97 Å². The molecule has 2 aromatic rings. The minimum absolute atomic E-state index is 0.0578. The van der Waals surface area contributed by atoms with Crippen LogP contribution in [0.3, 0.4) is 0 Å². The quantitative estimate of drug-likeness (QED) is 0.287. The first-order chi connectivity index (χ1) is 9.18. The molecule has 2 aromatic carbocycles. The third-order valence-corrected chi connectivity index (χ3v) is 2.47. The highest BCUT2D eigenvalue weighted by atomic mass is 16.7. The van der Waals surface area contributed by atoms with Crippen molar-refractivity contribution in [2.45, 2.75) is 0 Å². The molecule has 0 radical (unpaired) electrons. The number of anilines is 1. The van der Waals surface area contributed by atoms with Crippen molar-refractivity contribution in [2.75, 3.05) is 5.73 Å². The van der Waals surface area contributed by atoms with Crippen LogP contribution < -0.4 is 11.5 Å². The first-order valence-electron chi connectivity index (χ1n) is 5.63. The highest BCUT2D eigenvalue weighted by molar-refractivity contribution is 6.02. The van der Waals surface area contributed by atoms with Crippen molar-refractivity contribution in [1.29, 1.82) is 0 Å². The molecule has 0 spiro atoms. The SMILES string of the molecule is NC(=NOC(=O)c1ccccc1)c1ccccc1N. The van der Waals surface area contributed by atoms with Crippen LogP contribution in [0, 0.1) is 0 Å². The van der Waals surface area contributed by atoms with Gasteiger partial charge in [-0.25, -0.2) is 4.79 Å². The fraction of sp³-hybridized carbons (Fsp3) is 0. The molecule has 0 aliphatic rings. The molecule has 2 rings (SSSR count). The number of carbonyl (C=O) groups is 1. The molecular formula is C14H13N3O2. The zero-order valence-electron chi connectivity index (χ0n) is 10.1. The fourth-order valence-electron chi connectivity index (χ4n) is 1.50. The first kappa shape index (κ1) is 12.6. The van der Waals surface area contributed by atoms with Crippen LogP contribution in [0.1, 0.15) is 15.9 Å². The van der Waals surface area contributed by atoms with Crippen LogP contribution in [0.15, 0.2) is 59.8 Å². The predicted octanol–water partition coefficient (Wildman–Crippen LogP) is 1.75. The normalized spacial score (nSPS) is 11.1. The molecule has 0 saturated carbocycles. The molecule has 0 atom stereocenters. The molecule has 0 aliphatic carbocycles. The summed E-state index contributed by atoms with van der Waals surface area (Å²) >= 11 is 0. The molecule has 0 unspecified atom stereocenters. The molecule has 0 bridgehead atoms. The Morgan fingerprint density at radius 2 is 1.63 bits per heavy atom. The monoisotopic (exact) mass is 255 g/mol. The molecule has 0 amide bonds. The zero-order valence-corrected chi connectivity index (χ0v) is 10.1. The number of nitrogen functional groups attached to an aromatic ring is 1. The smallest absolute Gasteiger partial charge is 0.365 e. The molecule has 19 heavy (non-hydrogen) atoms. The number of nitrogens with two attached hydrogens (primary N) is 2. The maximum atomic E-state index is 11.6. The van der Waals surface area contributed by atoms with Gasteiger partial charge in [0.2, 0.25) is 0 Å². The standard InChI is InChI=1S/C14H13N3O2/c15-12-9-5-4-8-11(12)13(16)17-19-14(18)10-6-2-1-3-7-10/h1-9H,15H2,(H2,16,17). The number of nitrogens with zero attached hydrogens (tertiary/aromatic N) is 1. The third-order valence-electron chi connectivity index (χ3n) is 2.47. The molecule has 5 nitrogen and oxygen atoms in total. The Balaban J connectivity index is 2.11. The molecule has 0 aromatic heterocycles. The van der Waals surface area contributed by atoms with E-state index in [0.717, 1.165) is 0 Å². The summed E-state index contributed by atoms with van der Waals surface area (Å²) in [6.45, 7) is 0. The van der Waals surface area contributed by atoms with E-state index in [4.69, 9.17) is 16.3 Å². The lowest BCUT2D eigenvalue weighted by molar-refractivity contribution is 0.0516. The molecule has 0 fully saturated rings. The Hall–Kier alpha value is -2.82. The van der Waals surface area contributed by atoms with Gasteiger partial charge in [0.25, 0.3) is 0 Å². The number of hydrogen-bond donors (Lipinski definition) is 2. The van der Waals surface area contributed by atoms with Crippen LogP contribution in [0.2, 0.25) is 0 Å². The summed E-state index contributed by atoms with van der Waals surface area (Å²) in [6, 6.07) is 15.5. The van der Waals surface area contributed by atoms with Crippen molar-refractivity contribution in [3.63, 3.8) is 0 Å². The average molecular weight is 255 g/mol. The van der Waals surface area contributed by atoms with E-state index in [2.05, 4.69) is 5.16 Å². The van der Waals surface area contributed by atoms with Crippen LogP contribution >= 0.6 is 0 Å². The maximum Gasteiger partial charge on any atom is 0.365 e. The van der Waals surface area contributed by atoms with Gasteiger partial charge in [0.15, 0.2) is 5.84 Å². The second-order valence-electron chi connectivity index (χ2n) is 3.81. The highest BCUT2D eigenvalue weighted by Gasteiger charge is 2.08. The molecule has 0 aliphatic heterocycles. The second kappa shape index (κ2) is 5.68. The Morgan fingerprint density at radius 3 is 2.32 bits per heavy atom. The largest absolute Gasteiger partial charge is 0.398 e. The van der Waals surface area contributed by atoms with E-state index in [9.17, 15) is 4.79 Å². The van der Waals surface area contributed by atoms with E-state index in [1.54, 1.807) is 54.6 Å². The minimum Gasteiger partial charge on any atom is -0.398 e. The Kier molecular flexibility index (Phi) is 3.78. The summed E-state index contributed by atoms with van der Waals surface area (Å²) in [4.78, 5) is 16.4. The number of hydrogen-bond acceptors (Lipinski definition) is 4. The molecule has 96 valence electrons. The van der Waals surface area contributed by atoms with Crippen LogP contribution in [-0.4, -0.2) is 11.8 Å². The summed E-state index contributed by atoms with van der Waals surface area (Å²) in [6.07, 6.45) is 0. The van der Waals surface area contributed by atoms with Crippen molar-refractivity contribution in [2.24, 2.45) is 10.9 Å². The van der Waals surface area contributed by atoms with Gasteiger partial charge in [-0.2, -0.15) is 0 Å². The van der Waals surface area contributed by atoms with Crippen molar-refractivity contribution in [3.8, 4) is 0 Å². The summed E-state index contributed by atoms with van der Waals surface area (Å²) in [7, 11) is 0. The number of oxime groups is 1. The van der Waals surface area contributed by atoms with Crippen molar-refractivity contribution < 1.29 is 9.63 Å². The Morgan fingerprint density at radius 1 is 1.00 bits per heavy atom. The van der Waals surface area contributed by atoms with E-state index in [1.165, 1.54) is 0 Å². The fourth-order valence-corrected chi connectivity index (χ4v) is 1.50. The molecular weight excluding hydrogens is 242 g/mol. The summed E-state index contributed by atoms with van der Waals surface area (Å²) in [5.41, 5.74) is 12.9. The second-order valence-corrected chi connectivity index (χ2v) is 3.81. The van der Waals surface area contributed by atoms with Gasteiger partial charge in [-0.1, -0.05) is 35.5 Å². The van der Waals surface area contributed by atoms with Gasteiger partial charge in [-0.05, 0) is 24.3 Å². The first-order valence-corrected chi connectivity index (χ1v) is 5.63. The molecule has 0 heterocycles. The van der Waals surface area contributed by atoms with Gasteiger partial charge in [-0.3, -0.25) is 0 Å². The van der Waals surface area contributed by atoms with Crippen molar-refractivity contribution in [3.05, 3.63) is 65.7 Å². The van der Waals surface area contributed by atoms with Gasteiger partial charge in [-0.15, -0.1) is 0 Å². The van der Waals surface area contributed by atoms with Crippen LogP contribution in [0.4, 0.5) is 5.69 Å². The lowest BCUT2D eigenvalue weighted by Crippen LogP contribution is -2.17. The summed E-state index contributed by atoms with van der Waals surface area (Å²) in [5.74, 6) is -0.513. The highest BCUT2D eigenvalue weighted by Crippen LogP contribution is 2.10. The average Bonchev–Trinajstić information content (AvgIpc) is 2.46. The number of carbonyl (C=O) groups excluding carboxylic acids is 1. The number of benzene rings is 2. The summed E-state index contributed by atoms with van der Waals surface area (Å²) in [5, 5.41) is 3.60. The molecule has 5 heteroatoms. The van der Waals surface area contributed by atoms with E-state index in [0.29, 0.717) is 16.8 Å². The van der Waals surface area contributed by atoms with E-state index in [-0.39, 0.29) is 5.84 Å². The van der Waals surface area contributed by atoms with Gasteiger partial charge in [0.05, 0.1) is 5.56 Å². The van der Waals surface area contributed by atoms with E-state index < -0.39 is 5.97 Å². The van der Waals surface area contributed by atoms with Crippen molar-refractivity contribution in [1.82, 2.24) is 0 Å². The lowest BCUT2D eigenvalue weighted by atomic mass is 10.2. The predicted molar refractivity (Wildman–Crippen MR) is 73.4 cm³/mol. The maximum absolute atomic E-state index is 11.6. The third kappa shape index (κ3) is 3.10. The van der Waals surface area contributed by atoms with Gasteiger partial charge in [0.1, 0.15) is 0 Å². The lowest BCUT2D eigenvalue weighted by Gasteiger charge is -2.03. The van der Waals surface area contributed by atoms with E-state index >= 15 is 0 Å². The minimum atomic E-state index is -0.571. The van der Waals surface area contributed by atoms with Crippen LogP contribution in [0.5, 0.6) is 0 Å². The number of rotatable bonds is 3. The number of amidine groups is 1. The number of para-hydroxylation sites is 1. The van der Waals surface area contributed by atoms with Gasteiger partial charge < -0.3 is 16.3 Å². The molecule has 4 N–H and O–H groups in total. The topological polar surface area (TPSA) is 90.7 Å². The Bertz CT molecular complexity index is 609. The van der Waals surface area contributed by atoms with Crippen LogP contribution in [0.25, 0.3) is 0 Å². The van der Waals surface area contributed by atoms with Crippen LogP contribution in [-0.2, 0) is 4.84 Å².